The van der Waals surface area contributed by atoms with Gasteiger partial charge in [0, 0.05) is 48.7 Å². The van der Waals surface area contributed by atoms with Gasteiger partial charge in [0.05, 0.1) is 41.1 Å². The summed E-state index contributed by atoms with van der Waals surface area (Å²) in [6.45, 7) is 5.06. The summed E-state index contributed by atoms with van der Waals surface area (Å²) in [5.41, 5.74) is 2.28. The number of rotatable bonds is 7. The van der Waals surface area contributed by atoms with Gasteiger partial charge in [-0.15, -0.1) is 0 Å². The Morgan fingerprint density at radius 1 is 1.32 bits per heavy atom. The van der Waals surface area contributed by atoms with Gasteiger partial charge in [0.25, 0.3) is 0 Å². The van der Waals surface area contributed by atoms with Crippen LogP contribution in [0, 0.1) is 0 Å². The van der Waals surface area contributed by atoms with Crippen LogP contribution < -0.4 is 0 Å². The lowest BCUT2D eigenvalue weighted by Gasteiger charge is -2.27. The van der Waals surface area contributed by atoms with Gasteiger partial charge in [-0.3, -0.25) is 4.90 Å². The normalized spacial score (nSPS) is 15.6. The molecule has 1 N–H and O–H groups in total. The summed E-state index contributed by atoms with van der Waals surface area (Å²) >= 11 is 8.11. The Bertz CT molecular complexity index is 1210. The fourth-order valence-electron chi connectivity index (χ4n) is 4.22. The maximum Gasteiger partial charge on any atom is 0.340 e. The number of aryl methyl sites for hydroxylation is 1. The van der Waals surface area contributed by atoms with Crippen molar-refractivity contribution >= 4 is 55.6 Å². The Hall–Kier alpha value is -1.75. The number of carbonyl (C=O) groups excluding carboxylic acids is 1. The molecule has 3 aromatic rings. The molecule has 1 aliphatic rings. The zero-order chi connectivity index (χ0) is 24.4. The molecule has 2 aromatic carbocycles. The largest absolute Gasteiger partial charge is 0.611 e. The molecule has 1 atom stereocenters. The standard InChI is InChI=1S/C24H26BrClN2O5S/c1-3-33-24(30)22-20(14-34(31)16-6-4-5-15(26)11-16)27(2)19-12-18(25)23(29)17(21(19)22)13-28-7-9-32-10-8-28/h4-6,11-12,29H,3,7-10,13-14H2,1-2H3. The van der Waals surface area contributed by atoms with Crippen molar-refractivity contribution < 1.29 is 23.9 Å². The van der Waals surface area contributed by atoms with E-state index in [2.05, 4.69) is 20.8 Å². The van der Waals surface area contributed by atoms with E-state index < -0.39 is 17.1 Å². The van der Waals surface area contributed by atoms with Gasteiger partial charge < -0.3 is 23.7 Å². The van der Waals surface area contributed by atoms with Crippen molar-refractivity contribution in [1.29, 1.82) is 0 Å². The summed E-state index contributed by atoms with van der Waals surface area (Å²) in [5.74, 6) is -0.330. The number of hydrogen-bond acceptors (Lipinski definition) is 6. The molecule has 0 bridgehead atoms. The molecular formula is C24H26BrClN2O5S. The summed E-state index contributed by atoms with van der Waals surface area (Å²) in [6, 6.07) is 8.67. The summed E-state index contributed by atoms with van der Waals surface area (Å²) < 4.78 is 26.5. The van der Waals surface area contributed by atoms with Gasteiger partial charge in [0.1, 0.15) is 5.75 Å². The number of morpholine rings is 1. The minimum atomic E-state index is -1.45. The lowest BCUT2D eigenvalue weighted by molar-refractivity contribution is 0.0340. The summed E-state index contributed by atoms with van der Waals surface area (Å²) in [7, 11) is 1.83. The van der Waals surface area contributed by atoms with Crippen LogP contribution in [-0.2, 0) is 40.0 Å². The van der Waals surface area contributed by atoms with E-state index in [9.17, 15) is 14.5 Å². The maximum absolute atomic E-state index is 13.3. The number of aromatic nitrogens is 1. The third-order valence-electron chi connectivity index (χ3n) is 5.93. The number of esters is 1. The number of fused-ring (bicyclic) bond motifs is 1. The fourth-order valence-corrected chi connectivity index (χ4v) is 6.18. The number of phenols is 1. The van der Waals surface area contributed by atoms with E-state index in [1.54, 1.807) is 37.3 Å². The van der Waals surface area contributed by atoms with Crippen LogP contribution in [0.5, 0.6) is 5.75 Å². The molecule has 1 aliphatic heterocycles. The highest BCUT2D eigenvalue weighted by molar-refractivity contribution is 9.10. The fraction of sp³-hybridized carbons (Fsp3) is 0.375. The average molecular weight is 570 g/mol. The van der Waals surface area contributed by atoms with E-state index >= 15 is 0 Å². The third kappa shape index (κ3) is 5.10. The molecule has 182 valence electrons. The second kappa shape index (κ2) is 10.9. The molecule has 10 heteroatoms. The average Bonchev–Trinajstić information content (AvgIpc) is 3.09. The molecular weight excluding hydrogens is 544 g/mol. The molecule has 0 spiro atoms. The monoisotopic (exact) mass is 568 g/mol. The van der Waals surface area contributed by atoms with E-state index in [1.165, 1.54) is 0 Å². The van der Waals surface area contributed by atoms with Crippen molar-refractivity contribution in [1.82, 2.24) is 9.47 Å². The predicted molar refractivity (Wildman–Crippen MR) is 136 cm³/mol. The van der Waals surface area contributed by atoms with Gasteiger partial charge >= 0.3 is 5.97 Å². The molecule has 7 nitrogen and oxygen atoms in total. The summed E-state index contributed by atoms with van der Waals surface area (Å²) in [5, 5.41) is 12.1. The molecule has 0 amide bonds. The van der Waals surface area contributed by atoms with Gasteiger partial charge in [-0.25, -0.2) is 4.79 Å². The second-order valence-electron chi connectivity index (χ2n) is 8.02. The van der Waals surface area contributed by atoms with Crippen LogP contribution in [0.25, 0.3) is 10.9 Å². The highest BCUT2D eigenvalue weighted by atomic mass is 79.9. The molecule has 4 rings (SSSR count). The summed E-state index contributed by atoms with van der Waals surface area (Å²) in [6.07, 6.45) is 0. The topological polar surface area (TPSA) is 87.0 Å². The van der Waals surface area contributed by atoms with Crippen molar-refractivity contribution in [2.75, 3.05) is 32.9 Å². The van der Waals surface area contributed by atoms with Crippen LogP contribution >= 0.6 is 27.5 Å². The van der Waals surface area contributed by atoms with Crippen LogP contribution in [0.3, 0.4) is 0 Å². The first kappa shape index (κ1) is 25.3. The number of halogens is 2. The molecule has 1 unspecified atom stereocenters. The van der Waals surface area contributed by atoms with Crippen LogP contribution in [-0.4, -0.2) is 58.0 Å². The lowest BCUT2D eigenvalue weighted by Crippen LogP contribution is -2.35. The van der Waals surface area contributed by atoms with Gasteiger partial charge in [0.2, 0.25) is 0 Å². The number of aromatic hydroxyl groups is 1. The lowest BCUT2D eigenvalue weighted by atomic mass is 10.0. The molecule has 2 heterocycles. The van der Waals surface area contributed by atoms with Crippen molar-refractivity contribution in [2.24, 2.45) is 7.05 Å². The zero-order valence-electron chi connectivity index (χ0n) is 19.0. The second-order valence-corrected chi connectivity index (χ2v) is 10.8. The third-order valence-corrected chi connectivity index (χ3v) is 8.08. The van der Waals surface area contributed by atoms with Gasteiger partial charge in [0.15, 0.2) is 10.6 Å². The smallest absolute Gasteiger partial charge is 0.340 e. The van der Waals surface area contributed by atoms with Crippen LogP contribution in [0.4, 0.5) is 0 Å². The van der Waals surface area contributed by atoms with Crippen LogP contribution in [0.1, 0.15) is 28.5 Å². The van der Waals surface area contributed by atoms with Crippen LogP contribution in [0.15, 0.2) is 39.7 Å². The number of phenolic OH excluding ortho intramolecular Hbond substituents is 1. The predicted octanol–water partition coefficient (Wildman–Crippen LogP) is 4.62. The Kier molecular flexibility index (Phi) is 8.12. The first-order valence-electron chi connectivity index (χ1n) is 10.9. The molecule has 34 heavy (non-hydrogen) atoms. The van der Waals surface area contributed by atoms with Crippen molar-refractivity contribution in [3.63, 3.8) is 0 Å². The van der Waals surface area contributed by atoms with Gasteiger partial charge in [-0.1, -0.05) is 17.7 Å². The van der Waals surface area contributed by atoms with Crippen molar-refractivity contribution in [3.05, 3.63) is 56.6 Å². The van der Waals surface area contributed by atoms with Crippen LogP contribution in [0.2, 0.25) is 5.02 Å². The highest BCUT2D eigenvalue weighted by Gasteiger charge is 2.30. The number of nitrogens with zero attached hydrogens (tertiary/aromatic N) is 2. The van der Waals surface area contributed by atoms with E-state index in [0.29, 0.717) is 56.4 Å². The van der Waals surface area contributed by atoms with Gasteiger partial charge in [-0.2, -0.15) is 0 Å². The Morgan fingerprint density at radius 3 is 2.74 bits per heavy atom. The van der Waals surface area contributed by atoms with Crippen molar-refractivity contribution in [2.45, 2.75) is 24.1 Å². The van der Waals surface area contributed by atoms with E-state index in [-0.39, 0.29) is 18.1 Å². The quantitative estimate of drug-likeness (QED) is 0.330. The molecule has 0 radical (unpaired) electrons. The Morgan fingerprint density at radius 2 is 2.06 bits per heavy atom. The maximum atomic E-state index is 13.3. The first-order valence-corrected chi connectivity index (χ1v) is 13.4. The van der Waals surface area contributed by atoms with Crippen molar-refractivity contribution in [3.8, 4) is 5.75 Å². The summed E-state index contributed by atoms with van der Waals surface area (Å²) in [4.78, 5) is 16.0. The van der Waals surface area contributed by atoms with E-state index in [4.69, 9.17) is 21.1 Å². The Labute approximate surface area is 214 Å². The number of hydrogen-bond donors (Lipinski definition) is 1. The molecule has 1 saturated heterocycles. The highest BCUT2D eigenvalue weighted by Crippen LogP contribution is 2.40. The van der Waals surface area contributed by atoms with Gasteiger partial charge in [-0.05, 0) is 52.2 Å². The zero-order valence-corrected chi connectivity index (χ0v) is 22.1. The molecule has 1 fully saturated rings. The SMILES string of the molecule is CCOC(=O)c1c(C[S+]([O-])c2cccc(Cl)c2)n(C)c2cc(Br)c(O)c(CN3CCOCC3)c12. The first-order chi connectivity index (χ1) is 16.3. The number of ether oxygens (including phenoxy) is 2. The number of benzene rings is 2. The van der Waals surface area contributed by atoms with E-state index in [0.717, 1.165) is 18.6 Å². The number of carbonyl (C=O) groups is 1. The minimum absolute atomic E-state index is 0.0812. The van der Waals surface area contributed by atoms with E-state index in [1.807, 2.05) is 11.6 Å². The molecule has 0 saturated carbocycles. The molecule has 1 aromatic heterocycles. The minimum Gasteiger partial charge on any atom is -0.611 e. The molecule has 0 aliphatic carbocycles. The Balaban J connectivity index is 1.87.